The number of aromatic amines is 1. The zero-order valence-corrected chi connectivity index (χ0v) is 16.6. The molecule has 4 aromatic rings. The summed E-state index contributed by atoms with van der Waals surface area (Å²) in [6, 6.07) is 11.8. The SMILES string of the molecule is COc1ccccc1-c1c[nH]c2ncc(-c3cncc(C(=O)NC(C)C)c3)cc12. The van der Waals surface area contributed by atoms with Crippen LogP contribution in [0.4, 0.5) is 0 Å². The number of fused-ring (bicyclic) bond motifs is 1. The summed E-state index contributed by atoms with van der Waals surface area (Å²) in [6.45, 7) is 3.86. The number of aromatic nitrogens is 3. The second-order valence-electron chi connectivity index (χ2n) is 7.11. The highest BCUT2D eigenvalue weighted by atomic mass is 16.5. The summed E-state index contributed by atoms with van der Waals surface area (Å²) in [4.78, 5) is 24.4. The first-order chi connectivity index (χ1) is 14.1. The fraction of sp³-hybridized carbons (Fsp3) is 0.174. The number of amides is 1. The van der Waals surface area contributed by atoms with Gasteiger partial charge in [0.05, 0.1) is 12.7 Å². The standard InChI is InChI=1S/C23H22N4O2/c1-14(2)27-23(28)17-8-15(10-24-11-17)16-9-19-20(13-26-22(19)25-12-16)18-6-4-5-7-21(18)29-3/h4-14H,1-3H3,(H,25,26)(H,27,28). The Hall–Kier alpha value is -3.67. The molecule has 1 amide bonds. The van der Waals surface area contributed by atoms with Crippen molar-refractivity contribution in [1.82, 2.24) is 20.3 Å². The Kier molecular flexibility index (Phi) is 4.99. The maximum absolute atomic E-state index is 12.3. The van der Waals surface area contributed by atoms with Crippen molar-refractivity contribution in [2.75, 3.05) is 7.11 Å². The van der Waals surface area contributed by atoms with E-state index in [0.717, 1.165) is 39.0 Å². The quantitative estimate of drug-likeness (QED) is 0.531. The first kappa shape index (κ1) is 18.7. The number of carbonyl (C=O) groups excluding carboxylic acids is 1. The van der Waals surface area contributed by atoms with Crippen molar-refractivity contribution in [3.63, 3.8) is 0 Å². The van der Waals surface area contributed by atoms with E-state index in [2.05, 4.69) is 26.3 Å². The molecule has 0 aliphatic rings. The van der Waals surface area contributed by atoms with Gasteiger partial charge in [0.15, 0.2) is 0 Å². The second kappa shape index (κ2) is 7.75. The van der Waals surface area contributed by atoms with Crippen LogP contribution >= 0.6 is 0 Å². The molecule has 0 saturated heterocycles. The van der Waals surface area contributed by atoms with E-state index in [0.29, 0.717) is 5.56 Å². The van der Waals surface area contributed by atoms with Crippen molar-refractivity contribution >= 4 is 16.9 Å². The zero-order chi connectivity index (χ0) is 20.4. The molecule has 146 valence electrons. The molecule has 0 saturated carbocycles. The van der Waals surface area contributed by atoms with Crippen LogP contribution in [0.2, 0.25) is 0 Å². The number of nitrogens with one attached hydrogen (secondary N) is 2. The maximum Gasteiger partial charge on any atom is 0.253 e. The van der Waals surface area contributed by atoms with Gasteiger partial charge in [-0.05, 0) is 32.0 Å². The Labute approximate surface area is 169 Å². The van der Waals surface area contributed by atoms with Crippen LogP contribution in [-0.4, -0.2) is 34.0 Å². The first-order valence-corrected chi connectivity index (χ1v) is 9.43. The topological polar surface area (TPSA) is 79.9 Å². The number of rotatable bonds is 5. The molecule has 29 heavy (non-hydrogen) atoms. The van der Waals surface area contributed by atoms with E-state index in [1.54, 1.807) is 25.7 Å². The fourth-order valence-corrected chi connectivity index (χ4v) is 3.32. The van der Waals surface area contributed by atoms with Gasteiger partial charge < -0.3 is 15.0 Å². The van der Waals surface area contributed by atoms with Crippen molar-refractivity contribution in [1.29, 1.82) is 0 Å². The number of H-pyrrole nitrogens is 1. The van der Waals surface area contributed by atoms with Crippen LogP contribution in [0.5, 0.6) is 5.75 Å². The van der Waals surface area contributed by atoms with Gasteiger partial charge in [-0.3, -0.25) is 9.78 Å². The normalized spacial score (nSPS) is 11.0. The highest BCUT2D eigenvalue weighted by molar-refractivity contribution is 5.98. The van der Waals surface area contributed by atoms with Gasteiger partial charge in [-0.2, -0.15) is 0 Å². The third kappa shape index (κ3) is 3.69. The van der Waals surface area contributed by atoms with E-state index in [1.165, 1.54) is 0 Å². The summed E-state index contributed by atoms with van der Waals surface area (Å²) in [6.07, 6.45) is 7.03. The number of methoxy groups -OCH3 is 1. The predicted octanol–water partition coefficient (Wildman–Crippen LogP) is 4.44. The van der Waals surface area contributed by atoms with Crippen LogP contribution in [0.1, 0.15) is 24.2 Å². The van der Waals surface area contributed by atoms with Crippen LogP contribution in [0.25, 0.3) is 33.3 Å². The van der Waals surface area contributed by atoms with Gasteiger partial charge in [-0.25, -0.2) is 4.98 Å². The smallest absolute Gasteiger partial charge is 0.253 e. The van der Waals surface area contributed by atoms with Crippen LogP contribution in [0.15, 0.2) is 61.2 Å². The number of ether oxygens (including phenoxy) is 1. The summed E-state index contributed by atoms with van der Waals surface area (Å²) in [5.74, 6) is 0.660. The van der Waals surface area contributed by atoms with Gasteiger partial charge in [0.1, 0.15) is 11.4 Å². The molecule has 0 bridgehead atoms. The number of benzene rings is 1. The van der Waals surface area contributed by atoms with Crippen LogP contribution in [-0.2, 0) is 0 Å². The zero-order valence-electron chi connectivity index (χ0n) is 16.6. The van der Waals surface area contributed by atoms with Gasteiger partial charge in [-0.1, -0.05) is 18.2 Å². The van der Waals surface area contributed by atoms with Crippen LogP contribution in [0.3, 0.4) is 0 Å². The average Bonchev–Trinajstić information content (AvgIpc) is 3.16. The summed E-state index contributed by atoms with van der Waals surface area (Å²) >= 11 is 0. The number of nitrogens with zero attached hydrogens (tertiary/aromatic N) is 2. The molecule has 3 heterocycles. The van der Waals surface area contributed by atoms with Gasteiger partial charge in [0.2, 0.25) is 0 Å². The predicted molar refractivity (Wildman–Crippen MR) is 114 cm³/mol. The molecular weight excluding hydrogens is 364 g/mol. The fourth-order valence-electron chi connectivity index (χ4n) is 3.32. The van der Waals surface area contributed by atoms with Crippen LogP contribution in [0, 0.1) is 0 Å². The minimum Gasteiger partial charge on any atom is -0.496 e. The largest absolute Gasteiger partial charge is 0.496 e. The van der Waals surface area contributed by atoms with Gasteiger partial charge >= 0.3 is 0 Å². The Morgan fingerprint density at radius 3 is 2.66 bits per heavy atom. The molecule has 0 radical (unpaired) electrons. The molecule has 0 atom stereocenters. The Balaban J connectivity index is 1.78. The van der Waals surface area contributed by atoms with E-state index >= 15 is 0 Å². The van der Waals surface area contributed by atoms with Crippen molar-refractivity contribution in [3.05, 3.63) is 66.7 Å². The molecule has 4 rings (SSSR count). The van der Waals surface area contributed by atoms with E-state index in [1.807, 2.05) is 50.4 Å². The number of para-hydroxylation sites is 1. The second-order valence-corrected chi connectivity index (χ2v) is 7.11. The molecular formula is C23H22N4O2. The summed E-state index contributed by atoms with van der Waals surface area (Å²) < 4.78 is 5.52. The summed E-state index contributed by atoms with van der Waals surface area (Å²) in [5.41, 5.74) is 5.03. The molecule has 6 heteroatoms. The van der Waals surface area contributed by atoms with Gasteiger partial charge in [0, 0.05) is 58.5 Å². The van der Waals surface area contributed by atoms with E-state index in [9.17, 15) is 4.79 Å². The third-order valence-corrected chi connectivity index (χ3v) is 4.68. The maximum atomic E-state index is 12.3. The summed E-state index contributed by atoms with van der Waals surface area (Å²) in [5, 5.41) is 3.87. The lowest BCUT2D eigenvalue weighted by Gasteiger charge is -2.10. The van der Waals surface area contributed by atoms with Crippen molar-refractivity contribution < 1.29 is 9.53 Å². The van der Waals surface area contributed by atoms with E-state index < -0.39 is 0 Å². The number of carbonyl (C=O) groups is 1. The highest BCUT2D eigenvalue weighted by Crippen LogP contribution is 2.35. The van der Waals surface area contributed by atoms with Gasteiger partial charge in [0.25, 0.3) is 5.91 Å². The van der Waals surface area contributed by atoms with E-state index in [-0.39, 0.29) is 11.9 Å². The first-order valence-electron chi connectivity index (χ1n) is 9.43. The highest BCUT2D eigenvalue weighted by Gasteiger charge is 2.14. The monoisotopic (exact) mass is 386 g/mol. The molecule has 6 nitrogen and oxygen atoms in total. The molecule has 2 N–H and O–H groups in total. The van der Waals surface area contributed by atoms with Crippen LogP contribution < -0.4 is 10.1 Å². The Bertz CT molecular complexity index is 1180. The minimum absolute atomic E-state index is 0.0624. The number of hydrogen-bond donors (Lipinski definition) is 2. The Morgan fingerprint density at radius 1 is 1.07 bits per heavy atom. The molecule has 0 unspecified atom stereocenters. The molecule has 0 aliphatic carbocycles. The minimum atomic E-state index is -0.139. The lowest BCUT2D eigenvalue weighted by Crippen LogP contribution is -2.30. The van der Waals surface area contributed by atoms with Crippen molar-refractivity contribution in [3.8, 4) is 28.0 Å². The Morgan fingerprint density at radius 2 is 1.86 bits per heavy atom. The lowest BCUT2D eigenvalue weighted by molar-refractivity contribution is 0.0943. The third-order valence-electron chi connectivity index (χ3n) is 4.68. The van der Waals surface area contributed by atoms with Crippen molar-refractivity contribution in [2.24, 2.45) is 0 Å². The van der Waals surface area contributed by atoms with Gasteiger partial charge in [-0.15, -0.1) is 0 Å². The summed E-state index contributed by atoms with van der Waals surface area (Å²) in [7, 11) is 1.66. The molecule has 3 aromatic heterocycles. The average molecular weight is 386 g/mol. The molecule has 0 spiro atoms. The van der Waals surface area contributed by atoms with E-state index in [4.69, 9.17) is 4.74 Å². The number of pyridine rings is 2. The lowest BCUT2D eigenvalue weighted by atomic mass is 10.0. The molecule has 1 aromatic carbocycles. The molecule has 0 fully saturated rings. The number of hydrogen-bond acceptors (Lipinski definition) is 4. The van der Waals surface area contributed by atoms with Crippen molar-refractivity contribution in [2.45, 2.75) is 19.9 Å². The molecule has 0 aliphatic heterocycles.